The summed E-state index contributed by atoms with van der Waals surface area (Å²) in [7, 11) is 0. The molecule has 1 aliphatic rings. The molecule has 0 spiro atoms. The minimum absolute atomic E-state index is 0.0985. The van der Waals surface area contributed by atoms with E-state index in [0.29, 0.717) is 17.5 Å². The number of aliphatic hydroxyl groups excluding tert-OH is 1. The number of aliphatic hydroxyl groups is 1. The van der Waals surface area contributed by atoms with E-state index in [0.717, 1.165) is 11.6 Å². The number of carbonyl (C=O) groups is 1. The third-order valence-corrected chi connectivity index (χ3v) is 5.47. The summed E-state index contributed by atoms with van der Waals surface area (Å²) in [5.41, 5.74) is 0.204. The highest BCUT2D eigenvalue weighted by molar-refractivity contribution is 6.11. The molecule has 0 atom stereocenters. The minimum atomic E-state index is -4.76. The number of furan rings is 1. The van der Waals surface area contributed by atoms with Crippen LogP contribution in [0.1, 0.15) is 50.7 Å². The van der Waals surface area contributed by atoms with Gasteiger partial charge in [0.05, 0.1) is 30.2 Å². The summed E-state index contributed by atoms with van der Waals surface area (Å²) in [4.78, 5) is 16.7. The lowest BCUT2D eigenvalue weighted by molar-refractivity contribution is -0.115. The summed E-state index contributed by atoms with van der Waals surface area (Å²) in [6.45, 7) is 3.49. The molecule has 0 saturated heterocycles. The molecule has 0 saturated carbocycles. The zero-order valence-corrected chi connectivity index (χ0v) is 19.3. The molecule has 0 bridgehead atoms. The molecule has 1 N–H and O–H groups in total. The van der Waals surface area contributed by atoms with Crippen LogP contribution in [0.15, 0.2) is 87.5 Å². The molecular formula is C27H25F4NO3. The third kappa shape index (κ3) is 6.47. The maximum absolute atomic E-state index is 13.9. The maximum Gasteiger partial charge on any atom is 0.418 e. The van der Waals surface area contributed by atoms with Crippen LogP contribution in [-0.4, -0.2) is 22.8 Å². The van der Waals surface area contributed by atoms with E-state index in [4.69, 9.17) is 4.42 Å². The van der Waals surface area contributed by atoms with Crippen LogP contribution in [0.5, 0.6) is 0 Å². The molecule has 0 radical (unpaired) electrons. The molecule has 35 heavy (non-hydrogen) atoms. The normalized spacial score (nSPS) is 15.6. The van der Waals surface area contributed by atoms with Gasteiger partial charge in [-0.2, -0.15) is 13.2 Å². The number of carbonyl (C=O) groups excluding carboxylic acids is 1. The summed E-state index contributed by atoms with van der Waals surface area (Å²) in [6, 6.07) is 7.48. The van der Waals surface area contributed by atoms with Gasteiger partial charge in [0, 0.05) is 12.0 Å². The fourth-order valence-corrected chi connectivity index (χ4v) is 3.77. The number of ketones is 1. The number of halogens is 4. The van der Waals surface area contributed by atoms with Crippen molar-refractivity contribution in [2.45, 2.75) is 45.7 Å². The zero-order valence-electron chi connectivity index (χ0n) is 19.3. The number of allylic oxidation sites excluding steroid dienone is 8. The van der Waals surface area contributed by atoms with Crippen molar-refractivity contribution >= 4 is 22.6 Å². The Morgan fingerprint density at radius 3 is 2.57 bits per heavy atom. The van der Waals surface area contributed by atoms with Crippen molar-refractivity contribution in [1.82, 2.24) is 0 Å². The quantitative estimate of drug-likeness (QED) is 0.290. The number of rotatable bonds is 9. The van der Waals surface area contributed by atoms with Crippen LogP contribution in [0.2, 0.25) is 0 Å². The Morgan fingerprint density at radius 2 is 1.97 bits per heavy atom. The van der Waals surface area contributed by atoms with E-state index in [2.05, 4.69) is 4.99 Å². The highest BCUT2D eigenvalue weighted by Gasteiger charge is 2.40. The van der Waals surface area contributed by atoms with Gasteiger partial charge in [0.25, 0.3) is 0 Å². The highest BCUT2D eigenvalue weighted by Crippen LogP contribution is 2.35. The summed E-state index contributed by atoms with van der Waals surface area (Å²) >= 11 is 0. The Hall–Kier alpha value is -3.68. The summed E-state index contributed by atoms with van der Waals surface area (Å²) in [5, 5.41) is 10.3. The summed E-state index contributed by atoms with van der Waals surface area (Å²) in [5.74, 6) is -1.50. The smallest absolute Gasteiger partial charge is 0.418 e. The van der Waals surface area contributed by atoms with Gasteiger partial charge in [0.1, 0.15) is 17.3 Å². The summed E-state index contributed by atoms with van der Waals surface area (Å²) < 4.78 is 60.3. The molecule has 1 aliphatic heterocycles. The average Bonchev–Trinajstić information content (AvgIpc) is 3.46. The number of hydrogen-bond donors (Lipinski definition) is 1. The first-order valence-electron chi connectivity index (χ1n) is 11.1. The Balaban J connectivity index is 1.83. The monoisotopic (exact) mass is 487 g/mol. The molecule has 2 heterocycles. The molecule has 184 valence electrons. The molecule has 0 aliphatic carbocycles. The predicted octanol–water partition coefficient (Wildman–Crippen LogP) is 7.77. The van der Waals surface area contributed by atoms with Crippen molar-refractivity contribution in [3.63, 3.8) is 0 Å². The SMILES string of the molecule is C/C=C(\C=C(/C1=NC(C(=O)CC/C(=C\CC)c2cccc(F)c2)=C(O)C1)C(F)(F)F)c1ccoc1. The molecule has 3 rings (SSSR count). The lowest BCUT2D eigenvalue weighted by Gasteiger charge is -2.12. The Labute approximate surface area is 200 Å². The van der Waals surface area contributed by atoms with Crippen molar-refractivity contribution in [3.8, 4) is 0 Å². The average molecular weight is 487 g/mol. The van der Waals surface area contributed by atoms with E-state index in [9.17, 15) is 27.5 Å². The number of nitrogens with zero attached hydrogens (tertiary/aromatic N) is 1. The Kier molecular flexibility index (Phi) is 8.27. The van der Waals surface area contributed by atoms with Gasteiger partial charge in [0.15, 0.2) is 5.78 Å². The van der Waals surface area contributed by atoms with Gasteiger partial charge in [-0.1, -0.05) is 31.2 Å². The number of Topliss-reactive ketones (excluding diaryl/α,β-unsaturated/α-hetero) is 1. The standard InChI is InChI=1S/C27H25F4NO3/c1-3-6-18(19-7-5-8-21(28)13-19)9-10-24(33)26-25(34)15-23(32-26)22(27(29,30)31)14-17(4-2)20-11-12-35-16-20/h4-8,11-14,16,34H,3,9-10,15H2,1-2H3/b17-4+,18-6+,22-14+. The van der Waals surface area contributed by atoms with Crippen LogP contribution >= 0.6 is 0 Å². The molecule has 2 aromatic rings. The number of benzene rings is 1. The topological polar surface area (TPSA) is 62.8 Å². The molecule has 4 nitrogen and oxygen atoms in total. The van der Waals surface area contributed by atoms with Gasteiger partial charge in [0.2, 0.25) is 0 Å². The van der Waals surface area contributed by atoms with E-state index in [1.165, 1.54) is 36.8 Å². The molecular weight excluding hydrogens is 462 g/mol. The zero-order chi connectivity index (χ0) is 25.6. The second-order valence-electron chi connectivity index (χ2n) is 7.91. The van der Waals surface area contributed by atoms with E-state index in [-0.39, 0.29) is 24.1 Å². The fourth-order valence-electron chi connectivity index (χ4n) is 3.77. The Bertz CT molecular complexity index is 1230. The van der Waals surface area contributed by atoms with Gasteiger partial charge < -0.3 is 9.52 Å². The van der Waals surface area contributed by atoms with E-state index in [1.807, 2.05) is 13.0 Å². The van der Waals surface area contributed by atoms with Crippen LogP contribution in [0.4, 0.5) is 17.6 Å². The summed E-state index contributed by atoms with van der Waals surface area (Å²) in [6.07, 6.45) is 2.47. The first kappa shape index (κ1) is 25.9. The van der Waals surface area contributed by atoms with Crippen LogP contribution in [0.3, 0.4) is 0 Å². The van der Waals surface area contributed by atoms with Gasteiger partial charge in [-0.3, -0.25) is 4.79 Å². The number of alkyl halides is 3. The molecule has 0 amide bonds. The van der Waals surface area contributed by atoms with Gasteiger partial charge in [-0.25, -0.2) is 9.38 Å². The number of aliphatic imine (C=N–C) groups is 1. The molecule has 1 aromatic carbocycles. The highest BCUT2D eigenvalue weighted by atomic mass is 19.4. The fraction of sp³-hybridized carbons (Fsp3) is 0.259. The molecule has 0 fully saturated rings. The predicted molar refractivity (Wildman–Crippen MR) is 127 cm³/mol. The number of hydrogen-bond acceptors (Lipinski definition) is 4. The molecule has 8 heteroatoms. The van der Waals surface area contributed by atoms with Crippen molar-refractivity contribution < 1.29 is 31.9 Å². The first-order valence-corrected chi connectivity index (χ1v) is 11.1. The van der Waals surface area contributed by atoms with Crippen LogP contribution in [0, 0.1) is 5.82 Å². The van der Waals surface area contributed by atoms with Crippen molar-refractivity contribution in [1.29, 1.82) is 0 Å². The van der Waals surface area contributed by atoms with Gasteiger partial charge in [-0.15, -0.1) is 0 Å². The van der Waals surface area contributed by atoms with Crippen molar-refractivity contribution in [2.75, 3.05) is 0 Å². The largest absolute Gasteiger partial charge is 0.510 e. The van der Waals surface area contributed by atoms with Crippen molar-refractivity contribution in [2.24, 2.45) is 4.99 Å². The van der Waals surface area contributed by atoms with E-state index >= 15 is 0 Å². The molecule has 0 unspecified atom stereocenters. The van der Waals surface area contributed by atoms with Crippen molar-refractivity contribution in [3.05, 3.63) is 95.1 Å². The molecule has 1 aromatic heterocycles. The lowest BCUT2D eigenvalue weighted by atomic mass is 9.98. The third-order valence-electron chi connectivity index (χ3n) is 5.47. The van der Waals surface area contributed by atoms with Crippen LogP contribution < -0.4 is 0 Å². The lowest BCUT2D eigenvalue weighted by Crippen LogP contribution is -2.19. The second kappa shape index (κ2) is 11.2. The second-order valence-corrected chi connectivity index (χ2v) is 7.91. The first-order chi connectivity index (χ1) is 16.6. The van der Waals surface area contributed by atoms with E-state index in [1.54, 1.807) is 19.1 Å². The van der Waals surface area contributed by atoms with Gasteiger partial charge in [-0.05, 0) is 60.8 Å². The van der Waals surface area contributed by atoms with Crippen LogP contribution in [0.25, 0.3) is 11.1 Å². The Morgan fingerprint density at radius 1 is 1.20 bits per heavy atom. The minimum Gasteiger partial charge on any atom is -0.510 e. The van der Waals surface area contributed by atoms with Crippen LogP contribution in [-0.2, 0) is 4.79 Å². The van der Waals surface area contributed by atoms with Gasteiger partial charge >= 0.3 is 6.18 Å². The van der Waals surface area contributed by atoms with E-state index < -0.39 is 41.2 Å². The maximum atomic E-state index is 13.9.